The molecule has 1 atom stereocenters. The molecule has 32 heavy (non-hydrogen) atoms. The highest BCUT2D eigenvalue weighted by Gasteiger charge is 2.26. The second-order valence-corrected chi connectivity index (χ2v) is 9.52. The van der Waals surface area contributed by atoms with Crippen LogP contribution in [-0.4, -0.2) is 29.3 Å². The molecule has 3 aromatic carbocycles. The van der Waals surface area contributed by atoms with E-state index in [1.54, 1.807) is 4.90 Å². The van der Waals surface area contributed by atoms with Crippen molar-refractivity contribution in [2.45, 2.75) is 46.2 Å². The molecule has 0 aliphatic rings. The largest absolute Gasteiger partial charge is 0.354 e. The van der Waals surface area contributed by atoms with Gasteiger partial charge in [0, 0.05) is 24.0 Å². The van der Waals surface area contributed by atoms with Crippen LogP contribution in [0.25, 0.3) is 10.8 Å². The third-order valence-electron chi connectivity index (χ3n) is 5.61. The van der Waals surface area contributed by atoms with E-state index in [4.69, 9.17) is 0 Å². The number of hydrogen-bond donors (Lipinski definition) is 1. The lowest BCUT2D eigenvalue weighted by Crippen LogP contribution is -2.48. The van der Waals surface area contributed by atoms with Gasteiger partial charge in [0.15, 0.2) is 0 Å². The molecular formula is C27H31BrN2O2. The Morgan fingerprint density at radius 2 is 1.62 bits per heavy atom. The van der Waals surface area contributed by atoms with E-state index in [0.29, 0.717) is 31.8 Å². The molecule has 0 saturated heterocycles. The minimum atomic E-state index is -0.544. The second kappa shape index (κ2) is 11.3. The van der Waals surface area contributed by atoms with Gasteiger partial charge in [-0.15, -0.1) is 0 Å². The van der Waals surface area contributed by atoms with E-state index in [1.807, 2.05) is 49.4 Å². The molecule has 2 amide bonds. The SMILES string of the molecule is CC(C)CNC(=O)C(C)N(Cc1ccc(Br)cc1)C(=O)CCc1cccc2ccccc12. The molecule has 0 aliphatic heterocycles. The van der Waals surface area contributed by atoms with E-state index in [9.17, 15) is 9.59 Å². The van der Waals surface area contributed by atoms with Gasteiger partial charge >= 0.3 is 0 Å². The van der Waals surface area contributed by atoms with Crippen LogP contribution in [0.1, 0.15) is 38.3 Å². The van der Waals surface area contributed by atoms with Gasteiger partial charge in [0.1, 0.15) is 6.04 Å². The van der Waals surface area contributed by atoms with Crippen molar-refractivity contribution in [2.75, 3.05) is 6.54 Å². The molecule has 4 nitrogen and oxygen atoms in total. The number of rotatable bonds is 9. The van der Waals surface area contributed by atoms with Gasteiger partial charge in [0.05, 0.1) is 0 Å². The summed E-state index contributed by atoms with van der Waals surface area (Å²) in [5, 5.41) is 5.31. The summed E-state index contributed by atoms with van der Waals surface area (Å²) in [6.45, 7) is 6.92. The molecule has 0 radical (unpaired) electrons. The van der Waals surface area contributed by atoms with Gasteiger partial charge in [-0.1, -0.05) is 84.4 Å². The van der Waals surface area contributed by atoms with Crippen LogP contribution in [0.5, 0.6) is 0 Å². The van der Waals surface area contributed by atoms with E-state index < -0.39 is 6.04 Å². The van der Waals surface area contributed by atoms with Crippen molar-refractivity contribution in [3.05, 3.63) is 82.3 Å². The number of halogens is 1. The molecule has 1 unspecified atom stereocenters. The van der Waals surface area contributed by atoms with E-state index in [-0.39, 0.29) is 11.8 Å². The van der Waals surface area contributed by atoms with E-state index in [1.165, 1.54) is 10.8 Å². The molecule has 0 aliphatic carbocycles. The molecule has 0 bridgehead atoms. The fourth-order valence-electron chi connectivity index (χ4n) is 3.72. The molecule has 0 heterocycles. The van der Waals surface area contributed by atoms with Crippen LogP contribution >= 0.6 is 15.9 Å². The van der Waals surface area contributed by atoms with Crippen LogP contribution < -0.4 is 5.32 Å². The molecule has 0 saturated carbocycles. The van der Waals surface area contributed by atoms with Gasteiger partial charge in [0.2, 0.25) is 11.8 Å². The topological polar surface area (TPSA) is 49.4 Å². The van der Waals surface area contributed by atoms with Crippen molar-refractivity contribution >= 4 is 38.5 Å². The average molecular weight is 495 g/mol. The first kappa shape index (κ1) is 24.0. The Morgan fingerprint density at radius 3 is 2.34 bits per heavy atom. The van der Waals surface area contributed by atoms with Crippen LogP contribution in [0.3, 0.4) is 0 Å². The van der Waals surface area contributed by atoms with Crippen molar-refractivity contribution in [3.8, 4) is 0 Å². The smallest absolute Gasteiger partial charge is 0.242 e. The third kappa shape index (κ3) is 6.42. The number of aryl methyl sites for hydroxylation is 1. The van der Waals surface area contributed by atoms with E-state index in [0.717, 1.165) is 15.6 Å². The maximum absolute atomic E-state index is 13.3. The van der Waals surface area contributed by atoms with Crippen LogP contribution in [0.2, 0.25) is 0 Å². The second-order valence-electron chi connectivity index (χ2n) is 8.60. The molecular weight excluding hydrogens is 464 g/mol. The fourth-order valence-corrected chi connectivity index (χ4v) is 3.98. The Bertz CT molecular complexity index is 1060. The summed E-state index contributed by atoms with van der Waals surface area (Å²) in [6, 6.07) is 21.7. The standard InChI is InChI=1S/C27H31BrN2O2/c1-19(2)17-29-27(32)20(3)30(18-21-11-14-24(28)15-12-21)26(31)16-13-23-9-6-8-22-7-4-5-10-25(22)23/h4-12,14-15,19-20H,13,16-18H2,1-3H3,(H,29,32). The minimum Gasteiger partial charge on any atom is -0.354 e. The zero-order valence-electron chi connectivity index (χ0n) is 19.0. The van der Waals surface area contributed by atoms with E-state index >= 15 is 0 Å². The Kier molecular flexibility index (Phi) is 8.46. The summed E-state index contributed by atoms with van der Waals surface area (Å²) in [7, 11) is 0. The zero-order chi connectivity index (χ0) is 23.1. The Labute approximate surface area is 199 Å². The molecule has 3 aromatic rings. The van der Waals surface area contributed by atoms with Crippen LogP contribution in [0.15, 0.2) is 71.2 Å². The van der Waals surface area contributed by atoms with Crippen molar-refractivity contribution in [1.29, 1.82) is 0 Å². The Balaban J connectivity index is 1.76. The number of nitrogens with one attached hydrogen (secondary N) is 1. The molecule has 168 valence electrons. The lowest BCUT2D eigenvalue weighted by molar-refractivity contribution is -0.140. The van der Waals surface area contributed by atoms with Crippen molar-refractivity contribution < 1.29 is 9.59 Å². The quantitative estimate of drug-likeness (QED) is 0.413. The summed E-state index contributed by atoms with van der Waals surface area (Å²) in [5.41, 5.74) is 2.15. The third-order valence-corrected chi connectivity index (χ3v) is 6.13. The number of benzene rings is 3. The van der Waals surface area contributed by atoms with Crippen molar-refractivity contribution in [2.24, 2.45) is 5.92 Å². The minimum absolute atomic E-state index is 0.0203. The first-order valence-corrected chi connectivity index (χ1v) is 11.9. The molecule has 0 fully saturated rings. The summed E-state index contributed by atoms with van der Waals surface area (Å²) in [5.74, 6) is 0.218. The van der Waals surface area contributed by atoms with E-state index in [2.05, 4.69) is 59.4 Å². The highest BCUT2D eigenvalue weighted by molar-refractivity contribution is 9.10. The Hall–Kier alpha value is -2.66. The maximum Gasteiger partial charge on any atom is 0.242 e. The zero-order valence-corrected chi connectivity index (χ0v) is 20.6. The predicted molar refractivity (Wildman–Crippen MR) is 134 cm³/mol. The van der Waals surface area contributed by atoms with Crippen LogP contribution in [0.4, 0.5) is 0 Å². The maximum atomic E-state index is 13.3. The fraction of sp³-hybridized carbons (Fsp3) is 0.333. The average Bonchev–Trinajstić information content (AvgIpc) is 2.80. The van der Waals surface area contributed by atoms with Crippen molar-refractivity contribution in [1.82, 2.24) is 10.2 Å². The highest BCUT2D eigenvalue weighted by atomic mass is 79.9. The Morgan fingerprint density at radius 1 is 0.938 bits per heavy atom. The summed E-state index contributed by atoms with van der Waals surface area (Å²) in [6.07, 6.45) is 0.990. The molecule has 1 N–H and O–H groups in total. The molecule has 3 rings (SSSR count). The van der Waals surface area contributed by atoms with Crippen molar-refractivity contribution in [3.63, 3.8) is 0 Å². The predicted octanol–water partition coefficient (Wildman–Crippen LogP) is 5.72. The van der Waals surface area contributed by atoms with Crippen LogP contribution in [0, 0.1) is 5.92 Å². The van der Waals surface area contributed by atoms with Gasteiger partial charge in [-0.3, -0.25) is 9.59 Å². The summed E-state index contributed by atoms with van der Waals surface area (Å²) >= 11 is 3.45. The lowest BCUT2D eigenvalue weighted by atomic mass is 10.0. The number of nitrogens with zero attached hydrogens (tertiary/aromatic N) is 1. The van der Waals surface area contributed by atoms with Gasteiger partial charge in [-0.2, -0.15) is 0 Å². The first-order valence-electron chi connectivity index (χ1n) is 11.1. The van der Waals surface area contributed by atoms with Gasteiger partial charge in [-0.25, -0.2) is 0 Å². The monoisotopic (exact) mass is 494 g/mol. The normalized spacial score (nSPS) is 12.0. The van der Waals surface area contributed by atoms with Gasteiger partial charge in [0.25, 0.3) is 0 Å². The summed E-state index contributed by atoms with van der Waals surface area (Å²) in [4.78, 5) is 27.8. The first-order chi connectivity index (χ1) is 15.3. The van der Waals surface area contributed by atoms with Gasteiger partial charge < -0.3 is 10.2 Å². The summed E-state index contributed by atoms with van der Waals surface area (Å²) < 4.78 is 0.984. The lowest BCUT2D eigenvalue weighted by Gasteiger charge is -2.29. The van der Waals surface area contributed by atoms with Crippen LogP contribution in [-0.2, 0) is 22.6 Å². The van der Waals surface area contributed by atoms with Gasteiger partial charge in [-0.05, 0) is 53.3 Å². The number of carbonyl (C=O) groups is 2. The molecule has 5 heteroatoms. The highest BCUT2D eigenvalue weighted by Crippen LogP contribution is 2.21. The number of fused-ring (bicyclic) bond motifs is 1. The number of carbonyl (C=O) groups excluding carboxylic acids is 2. The number of hydrogen-bond acceptors (Lipinski definition) is 2. The number of amides is 2. The molecule has 0 spiro atoms. The molecule has 0 aromatic heterocycles.